The van der Waals surface area contributed by atoms with Crippen molar-refractivity contribution >= 4 is 10.9 Å². The molecule has 0 radical (unpaired) electrons. The summed E-state index contributed by atoms with van der Waals surface area (Å²) in [6.45, 7) is 1.86. The van der Waals surface area contributed by atoms with E-state index in [9.17, 15) is 13.2 Å². The predicted octanol–water partition coefficient (Wildman–Crippen LogP) is 3.14. The van der Waals surface area contributed by atoms with Gasteiger partial charge in [0.1, 0.15) is 0 Å². The van der Waals surface area contributed by atoms with E-state index in [1.165, 1.54) is 6.07 Å². The Morgan fingerprint density at radius 2 is 2.07 bits per heavy atom. The minimum Gasteiger partial charge on any atom is -0.277 e. The van der Waals surface area contributed by atoms with Gasteiger partial charge < -0.3 is 0 Å². The van der Waals surface area contributed by atoms with Gasteiger partial charge in [-0.15, -0.1) is 0 Å². The van der Waals surface area contributed by atoms with Crippen LogP contribution in [0.3, 0.4) is 0 Å². The molecule has 0 spiro atoms. The zero-order valence-electron chi connectivity index (χ0n) is 8.02. The summed E-state index contributed by atoms with van der Waals surface area (Å²) >= 11 is 0. The zero-order valence-corrected chi connectivity index (χ0v) is 8.02. The number of para-hydroxylation sites is 1. The Kier molecular flexibility index (Phi) is 2.17. The van der Waals surface area contributed by atoms with E-state index in [-0.39, 0.29) is 5.52 Å². The molecule has 0 amide bonds. The van der Waals surface area contributed by atoms with Crippen molar-refractivity contribution in [2.75, 3.05) is 0 Å². The maximum Gasteiger partial charge on any atom is 0.418 e. The lowest BCUT2D eigenvalue weighted by Gasteiger charge is -2.06. The number of aryl methyl sites for hydroxylation is 1. The summed E-state index contributed by atoms with van der Waals surface area (Å²) in [7, 11) is 0. The number of alkyl halides is 3. The van der Waals surface area contributed by atoms with Gasteiger partial charge in [-0.2, -0.15) is 18.3 Å². The van der Waals surface area contributed by atoms with Gasteiger partial charge in [0, 0.05) is 5.39 Å². The van der Waals surface area contributed by atoms with E-state index >= 15 is 0 Å². The fourth-order valence-corrected chi connectivity index (χ4v) is 1.60. The third kappa shape index (κ3) is 1.58. The van der Waals surface area contributed by atoms with Crippen LogP contribution in [0.25, 0.3) is 10.9 Å². The van der Waals surface area contributed by atoms with Crippen molar-refractivity contribution in [3.05, 3.63) is 29.5 Å². The molecule has 2 aromatic rings. The number of nitrogens with zero attached hydrogens (tertiary/aromatic N) is 1. The van der Waals surface area contributed by atoms with Crippen LogP contribution in [0.4, 0.5) is 13.2 Å². The number of fused-ring (bicyclic) bond motifs is 1. The smallest absolute Gasteiger partial charge is 0.277 e. The summed E-state index contributed by atoms with van der Waals surface area (Å²) in [4.78, 5) is 0. The van der Waals surface area contributed by atoms with Crippen molar-refractivity contribution in [3.63, 3.8) is 0 Å². The highest BCUT2D eigenvalue weighted by Gasteiger charge is 2.33. The first kappa shape index (κ1) is 10.0. The highest BCUT2D eigenvalue weighted by Crippen LogP contribution is 2.34. The predicted molar refractivity (Wildman–Crippen MR) is 50.5 cm³/mol. The lowest BCUT2D eigenvalue weighted by molar-refractivity contribution is -0.136. The van der Waals surface area contributed by atoms with Gasteiger partial charge in [0.25, 0.3) is 0 Å². The van der Waals surface area contributed by atoms with Crippen LogP contribution in [-0.4, -0.2) is 10.2 Å². The summed E-state index contributed by atoms with van der Waals surface area (Å²) in [5, 5.41) is 6.86. The molecule has 0 fully saturated rings. The van der Waals surface area contributed by atoms with Crippen LogP contribution in [0, 0.1) is 0 Å². The first-order valence-corrected chi connectivity index (χ1v) is 4.57. The number of benzene rings is 1. The molecule has 15 heavy (non-hydrogen) atoms. The van der Waals surface area contributed by atoms with Crippen molar-refractivity contribution in [1.29, 1.82) is 0 Å². The van der Waals surface area contributed by atoms with Gasteiger partial charge in [0.2, 0.25) is 0 Å². The van der Waals surface area contributed by atoms with Gasteiger partial charge in [-0.25, -0.2) is 0 Å². The average Bonchev–Trinajstić information content (AvgIpc) is 2.58. The molecule has 0 aliphatic rings. The summed E-state index contributed by atoms with van der Waals surface area (Å²) in [5.41, 5.74) is 0.0742. The van der Waals surface area contributed by atoms with E-state index in [4.69, 9.17) is 0 Å². The topological polar surface area (TPSA) is 28.7 Å². The molecule has 1 N–H and O–H groups in total. The van der Waals surface area contributed by atoms with E-state index in [1.807, 2.05) is 6.92 Å². The van der Waals surface area contributed by atoms with Crippen LogP contribution < -0.4 is 0 Å². The van der Waals surface area contributed by atoms with Crippen LogP contribution in [0.1, 0.15) is 18.2 Å². The van der Waals surface area contributed by atoms with Crippen LogP contribution in [-0.2, 0) is 12.6 Å². The monoisotopic (exact) mass is 214 g/mol. The summed E-state index contributed by atoms with van der Waals surface area (Å²) in [5.74, 6) is 0. The molecule has 0 aliphatic carbocycles. The first-order chi connectivity index (χ1) is 7.04. The molecule has 80 valence electrons. The highest BCUT2D eigenvalue weighted by molar-refractivity contribution is 5.84. The minimum atomic E-state index is -4.34. The Morgan fingerprint density at radius 1 is 1.33 bits per heavy atom. The standard InChI is InChI=1S/C10H9F3N2/c1-2-8-6-4-3-5-7(10(11,12)13)9(6)15-14-8/h3-5H,2H2,1H3,(H,14,15). The number of hydrogen-bond acceptors (Lipinski definition) is 1. The fourth-order valence-electron chi connectivity index (χ4n) is 1.60. The molecule has 0 unspecified atom stereocenters. The van der Waals surface area contributed by atoms with Gasteiger partial charge in [0.15, 0.2) is 0 Å². The van der Waals surface area contributed by atoms with Crippen LogP contribution in [0.15, 0.2) is 18.2 Å². The second kappa shape index (κ2) is 3.25. The SMILES string of the molecule is CCc1n[nH]c2c(C(F)(F)F)cccc12. The Hall–Kier alpha value is -1.52. The van der Waals surface area contributed by atoms with Crippen LogP contribution in [0.5, 0.6) is 0 Å². The van der Waals surface area contributed by atoms with Crippen LogP contribution >= 0.6 is 0 Å². The minimum absolute atomic E-state index is 0.0712. The fraction of sp³-hybridized carbons (Fsp3) is 0.300. The Balaban J connectivity index is 2.73. The van der Waals surface area contributed by atoms with Crippen molar-refractivity contribution in [2.45, 2.75) is 19.5 Å². The van der Waals surface area contributed by atoms with Crippen molar-refractivity contribution in [3.8, 4) is 0 Å². The molecule has 1 aromatic heterocycles. The molecule has 5 heteroatoms. The molecule has 0 saturated heterocycles. The Bertz CT molecular complexity index is 485. The van der Waals surface area contributed by atoms with E-state index in [0.717, 1.165) is 6.07 Å². The lowest BCUT2D eigenvalue weighted by Crippen LogP contribution is -2.05. The van der Waals surface area contributed by atoms with Crippen molar-refractivity contribution in [2.24, 2.45) is 0 Å². The molecule has 0 atom stereocenters. The number of nitrogens with one attached hydrogen (secondary N) is 1. The number of hydrogen-bond donors (Lipinski definition) is 1. The largest absolute Gasteiger partial charge is 0.418 e. The molecule has 0 aliphatic heterocycles. The van der Waals surface area contributed by atoms with E-state index in [1.54, 1.807) is 6.07 Å². The molecular weight excluding hydrogens is 205 g/mol. The van der Waals surface area contributed by atoms with Gasteiger partial charge in [0.05, 0.1) is 16.8 Å². The Labute approximate surface area is 84.1 Å². The maximum absolute atomic E-state index is 12.6. The quantitative estimate of drug-likeness (QED) is 0.776. The maximum atomic E-state index is 12.6. The number of rotatable bonds is 1. The molecule has 2 nitrogen and oxygen atoms in total. The van der Waals surface area contributed by atoms with E-state index in [2.05, 4.69) is 10.2 Å². The Morgan fingerprint density at radius 3 is 2.67 bits per heavy atom. The zero-order chi connectivity index (χ0) is 11.1. The van der Waals surface area contributed by atoms with Crippen molar-refractivity contribution < 1.29 is 13.2 Å². The van der Waals surface area contributed by atoms with E-state index < -0.39 is 11.7 Å². The number of aromatic nitrogens is 2. The molecule has 0 bridgehead atoms. The van der Waals surface area contributed by atoms with Crippen LogP contribution in [0.2, 0.25) is 0 Å². The second-order valence-corrected chi connectivity index (χ2v) is 3.25. The van der Waals surface area contributed by atoms with Gasteiger partial charge >= 0.3 is 6.18 Å². The molecule has 0 saturated carbocycles. The molecule has 1 heterocycles. The first-order valence-electron chi connectivity index (χ1n) is 4.57. The number of H-pyrrole nitrogens is 1. The summed E-state index contributed by atoms with van der Waals surface area (Å²) in [6, 6.07) is 4.10. The van der Waals surface area contributed by atoms with Gasteiger partial charge in [-0.3, -0.25) is 5.10 Å². The number of halogens is 3. The average molecular weight is 214 g/mol. The summed E-state index contributed by atoms with van der Waals surface area (Å²) in [6.07, 6.45) is -3.72. The molecule has 2 rings (SSSR count). The normalized spacial score (nSPS) is 12.3. The van der Waals surface area contributed by atoms with Gasteiger partial charge in [-0.1, -0.05) is 19.1 Å². The number of aromatic amines is 1. The van der Waals surface area contributed by atoms with Crippen molar-refractivity contribution in [1.82, 2.24) is 10.2 Å². The highest BCUT2D eigenvalue weighted by atomic mass is 19.4. The molecular formula is C10H9F3N2. The third-order valence-electron chi connectivity index (χ3n) is 2.32. The third-order valence-corrected chi connectivity index (χ3v) is 2.32. The molecule has 1 aromatic carbocycles. The second-order valence-electron chi connectivity index (χ2n) is 3.25. The summed E-state index contributed by atoms with van der Waals surface area (Å²) < 4.78 is 37.7. The van der Waals surface area contributed by atoms with Gasteiger partial charge in [-0.05, 0) is 12.5 Å². The lowest BCUT2D eigenvalue weighted by atomic mass is 10.1. The van der Waals surface area contributed by atoms with E-state index in [0.29, 0.717) is 17.5 Å².